The molecular weight excluding hydrogens is 216 g/mol. The van der Waals surface area contributed by atoms with Gasteiger partial charge in [-0.3, -0.25) is 5.84 Å². The van der Waals surface area contributed by atoms with Gasteiger partial charge in [0.2, 0.25) is 0 Å². The summed E-state index contributed by atoms with van der Waals surface area (Å²) in [5.41, 5.74) is 5.40. The Kier molecular flexibility index (Phi) is 2.12. The van der Waals surface area contributed by atoms with Gasteiger partial charge in [0.15, 0.2) is 11.6 Å². The fourth-order valence-corrected chi connectivity index (χ4v) is 1.91. The van der Waals surface area contributed by atoms with E-state index in [2.05, 4.69) is 10.4 Å². The van der Waals surface area contributed by atoms with Crippen LogP contribution < -0.4 is 11.3 Å². The first-order valence-electron chi connectivity index (χ1n) is 5.26. The van der Waals surface area contributed by atoms with E-state index in [0.29, 0.717) is 0 Å². The number of nitrogen functional groups attached to an aromatic ring is 1. The lowest BCUT2D eigenvalue weighted by Crippen LogP contribution is -2.06. The molecule has 0 saturated heterocycles. The van der Waals surface area contributed by atoms with Gasteiger partial charge < -0.3 is 14.4 Å². The highest BCUT2D eigenvalue weighted by molar-refractivity contribution is 5.83. The Morgan fingerprint density at radius 1 is 1.35 bits per heavy atom. The number of aromatic nitrogens is 2. The van der Waals surface area contributed by atoms with E-state index in [1.165, 1.54) is 0 Å². The van der Waals surface area contributed by atoms with Gasteiger partial charge in [-0.2, -0.15) is 0 Å². The number of anilines is 1. The van der Waals surface area contributed by atoms with Crippen LogP contribution in [0.15, 0.2) is 41.0 Å². The van der Waals surface area contributed by atoms with Gasteiger partial charge in [0.1, 0.15) is 0 Å². The van der Waals surface area contributed by atoms with E-state index < -0.39 is 0 Å². The van der Waals surface area contributed by atoms with Crippen LogP contribution in [0.25, 0.3) is 22.6 Å². The van der Waals surface area contributed by atoms with Crippen molar-refractivity contribution in [2.24, 2.45) is 12.9 Å². The second-order valence-electron chi connectivity index (χ2n) is 3.82. The van der Waals surface area contributed by atoms with Crippen molar-refractivity contribution >= 4 is 16.7 Å². The first kappa shape index (κ1) is 9.92. The number of nitrogens with one attached hydrogen (secondary N) is 1. The largest absolute Gasteiger partial charge is 0.461 e. The van der Waals surface area contributed by atoms with Crippen molar-refractivity contribution in [2.45, 2.75) is 0 Å². The molecule has 0 fully saturated rings. The smallest absolute Gasteiger partial charge is 0.176 e. The van der Waals surface area contributed by atoms with E-state index in [0.717, 1.165) is 28.3 Å². The molecule has 1 aromatic carbocycles. The Bertz CT molecular complexity index is 655. The van der Waals surface area contributed by atoms with Crippen molar-refractivity contribution in [3.05, 3.63) is 36.6 Å². The molecule has 0 amide bonds. The normalized spacial score (nSPS) is 10.9. The number of aryl methyl sites for hydroxylation is 1. The van der Waals surface area contributed by atoms with Gasteiger partial charge in [-0.1, -0.05) is 0 Å². The maximum absolute atomic E-state index is 5.39. The number of furan rings is 1. The number of hydrogen-bond acceptors (Lipinski definition) is 4. The Morgan fingerprint density at radius 3 is 2.94 bits per heavy atom. The number of hydrazine groups is 1. The zero-order chi connectivity index (χ0) is 11.8. The van der Waals surface area contributed by atoms with E-state index >= 15 is 0 Å². The summed E-state index contributed by atoms with van der Waals surface area (Å²) in [6.07, 6.45) is 1.64. The molecule has 0 unspecified atom stereocenters. The number of rotatable bonds is 2. The van der Waals surface area contributed by atoms with Gasteiger partial charge in [-0.15, -0.1) is 0 Å². The summed E-state index contributed by atoms with van der Waals surface area (Å²) in [4.78, 5) is 4.53. The first-order valence-corrected chi connectivity index (χ1v) is 5.26. The lowest BCUT2D eigenvalue weighted by molar-refractivity contribution is 0.574. The summed E-state index contributed by atoms with van der Waals surface area (Å²) in [6, 6.07) is 9.51. The zero-order valence-electron chi connectivity index (χ0n) is 9.34. The highest BCUT2D eigenvalue weighted by atomic mass is 16.3. The first-order chi connectivity index (χ1) is 8.29. The van der Waals surface area contributed by atoms with Gasteiger partial charge >= 0.3 is 0 Å². The van der Waals surface area contributed by atoms with Crippen LogP contribution in [0.3, 0.4) is 0 Å². The third-order valence-electron chi connectivity index (χ3n) is 2.79. The quantitative estimate of drug-likeness (QED) is 0.520. The molecule has 0 atom stereocenters. The van der Waals surface area contributed by atoms with Crippen molar-refractivity contribution < 1.29 is 4.42 Å². The fourth-order valence-electron chi connectivity index (χ4n) is 1.91. The van der Waals surface area contributed by atoms with Crippen molar-refractivity contribution in [3.8, 4) is 11.6 Å². The average Bonchev–Trinajstić information content (AvgIpc) is 2.97. The Hall–Kier alpha value is -2.27. The minimum atomic E-state index is 0.756. The predicted octanol–water partition coefficient (Wildman–Crippen LogP) is 2.12. The van der Waals surface area contributed by atoms with Crippen LogP contribution in [-0.4, -0.2) is 9.55 Å². The summed E-state index contributed by atoms with van der Waals surface area (Å²) in [5.74, 6) is 6.95. The van der Waals surface area contributed by atoms with Gasteiger partial charge in [0.05, 0.1) is 23.0 Å². The molecular formula is C12H12N4O. The van der Waals surface area contributed by atoms with Crippen molar-refractivity contribution in [1.82, 2.24) is 9.55 Å². The van der Waals surface area contributed by atoms with Crippen molar-refractivity contribution in [1.29, 1.82) is 0 Å². The predicted molar refractivity (Wildman–Crippen MR) is 66.2 cm³/mol. The monoisotopic (exact) mass is 228 g/mol. The van der Waals surface area contributed by atoms with Crippen LogP contribution in [0.5, 0.6) is 0 Å². The van der Waals surface area contributed by atoms with Crippen LogP contribution in [0, 0.1) is 0 Å². The molecule has 17 heavy (non-hydrogen) atoms. The number of nitrogens with zero attached hydrogens (tertiary/aromatic N) is 2. The summed E-state index contributed by atoms with van der Waals surface area (Å²) in [6.45, 7) is 0. The molecule has 0 aliphatic heterocycles. The number of nitrogens with two attached hydrogens (primary N) is 1. The van der Waals surface area contributed by atoms with Crippen molar-refractivity contribution in [3.63, 3.8) is 0 Å². The molecule has 0 spiro atoms. The maximum Gasteiger partial charge on any atom is 0.176 e. The SMILES string of the molecule is Cn1c(-c2ccco2)nc2ccc(NN)cc21. The van der Waals surface area contributed by atoms with Crippen LogP contribution in [0.2, 0.25) is 0 Å². The Balaban J connectivity index is 2.25. The third-order valence-corrected chi connectivity index (χ3v) is 2.79. The third kappa shape index (κ3) is 1.48. The number of hydrogen-bond donors (Lipinski definition) is 2. The van der Waals surface area contributed by atoms with E-state index in [1.54, 1.807) is 6.26 Å². The highest BCUT2D eigenvalue weighted by Gasteiger charge is 2.11. The molecule has 2 aromatic heterocycles. The van der Waals surface area contributed by atoms with Gasteiger partial charge in [0.25, 0.3) is 0 Å². The van der Waals surface area contributed by atoms with Crippen molar-refractivity contribution in [2.75, 3.05) is 5.43 Å². The van der Waals surface area contributed by atoms with Crippen LogP contribution >= 0.6 is 0 Å². The second-order valence-corrected chi connectivity index (χ2v) is 3.82. The molecule has 2 heterocycles. The van der Waals surface area contributed by atoms with Gasteiger partial charge in [-0.05, 0) is 30.3 Å². The van der Waals surface area contributed by atoms with Gasteiger partial charge in [0, 0.05) is 7.05 Å². The fraction of sp³-hybridized carbons (Fsp3) is 0.0833. The Labute approximate surface area is 97.8 Å². The summed E-state index contributed by atoms with van der Waals surface area (Å²) in [7, 11) is 1.95. The van der Waals surface area contributed by atoms with Crippen LogP contribution in [0.1, 0.15) is 0 Å². The molecule has 0 bridgehead atoms. The minimum Gasteiger partial charge on any atom is -0.461 e. The molecule has 0 radical (unpaired) electrons. The summed E-state index contributed by atoms with van der Waals surface area (Å²) in [5, 5.41) is 0. The second kappa shape index (κ2) is 3.64. The topological polar surface area (TPSA) is 69.0 Å². The van der Waals surface area contributed by atoms with E-state index in [1.807, 2.05) is 41.9 Å². The minimum absolute atomic E-state index is 0.756. The summed E-state index contributed by atoms with van der Waals surface area (Å²) >= 11 is 0. The van der Waals surface area contributed by atoms with E-state index in [9.17, 15) is 0 Å². The number of benzene rings is 1. The number of fused-ring (bicyclic) bond motifs is 1. The molecule has 3 N–H and O–H groups in total. The zero-order valence-corrected chi connectivity index (χ0v) is 9.34. The standard InChI is InChI=1S/C12H12N4O/c1-16-10-7-8(15-13)4-5-9(10)14-12(16)11-3-2-6-17-11/h2-7,15H,13H2,1H3. The molecule has 3 aromatic rings. The van der Waals surface area contributed by atoms with Gasteiger partial charge in [-0.25, -0.2) is 4.98 Å². The lowest BCUT2D eigenvalue weighted by atomic mass is 10.3. The molecule has 0 saturated carbocycles. The highest BCUT2D eigenvalue weighted by Crippen LogP contribution is 2.25. The average molecular weight is 228 g/mol. The van der Waals surface area contributed by atoms with Crippen LogP contribution in [0.4, 0.5) is 5.69 Å². The number of imidazole rings is 1. The molecule has 3 rings (SSSR count). The van der Waals surface area contributed by atoms with Crippen LogP contribution in [-0.2, 0) is 7.05 Å². The lowest BCUT2D eigenvalue weighted by Gasteiger charge is -2.01. The molecule has 86 valence electrons. The van der Waals surface area contributed by atoms with E-state index in [4.69, 9.17) is 10.3 Å². The Morgan fingerprint density at radius 2 is 2.24 bits per heavy atom. The molecule has 0 aliphatic rings. The molecule has 5 nitrogen and oxygen atoms in total. The molecule has 0 aliphatic carbocycles. The maximum atomic E-state index is 5.39. The molecule has 5 heteroatoms. The van der Waals surface area contributed by atoms with E-state index in [-0.39, 0.29) is 0 Å². The summed E-state index contributed by atoms with van der Waals surface area (Å²) < 4.78 is 7.34.